The van der Waals surface area contributed by atoms with E-state index in [9.17, 15) is 32.9 Å². The van der Waals surface area contributed by atoms with Gasteiger partial charge in [0.1, 0.15) is 6.04 Å². The predicted molar refractivity (Wildman–Crippen MR) is 111 cm³/mol. The van der Waals surface area contributed by atoms with Gasteiger partial charge in [0.05, 0.1) is 27.8 Å². The van der Waals surface area contributed by atoms with Crippen LogP contribution < -0.4 is 0 Å². The summed E-state index contributed by atoms with van der Waals surface area (Å²) in [5.41, 5.74) is -0.226. The van der Waals surface area contributed by atoms with Crippen molar-refractivity contribution in [3.63, 3.8) is 0 Å². The first-order valence-electron chi connectivity index (χ1n) is 10.5. The van der Waals surface area contributed by atoms with Crippen LogP contribution in [0.1, 0.15) is 33.1 Å². The topological polar surface area (TPSA) is 138 Å². The lowest BCUT2D eigenvalue weighted by Gasteiger charge is -2.31. The Bertz CT molecular complexity index is 1090. The number of hydrogen-bond donors (Lipinski definition) is 0. The SMILES string of the molecule is CC(=O)N1C(=O)[C@@H](C)[C@@H]2[C@@H]1CCN2C(=O)[C@@H]1CCCN1S(=O)(=O)c1ccc([N+](=O)[O-])cc1. The fourth-order valence-corrected chi connectivity index (χ4v) is 6.85. The average molecular weight is 465 g/mol. The van der Waals surface area contributed by atoms with Crippen LogP contribution in [0.5, 0.6) is 0 Å². The van der Waals surface area contributed by atoms with E-state index in [-0.39, 0.29) is 40.9 Å². The van der Waals surface area contributed by atoms with Gasteiger partial charge < -0.3 is 4.90 Å². The summed E-state index contributed by atoms with van der Waals surface area (Å²) in [6, 6.07) is 2.80. The molecule has 3 aliphatic heterocycles. The van der Waals surface area contributed by atoms with E-state index < -0.39 is 32.9 Å². The zero-order chi connectivity index (χ0) is 23.4. The summed E-state index contributed by atoms with van der Waals surface area (Å²) in [6.45, 7) is 3.52. The monoisotopic (exact) mass is 464 g/mol. The van der Waals surface area contributed by atoms with Crippen LogP contribution in [0.4, 0.5) is 5.69 Å². The van der Waals surface area contributed by atoms with Gasteiger partial charge in [0, 0.05) is 32.1 Å². The highest BCUT2D eigenvalue weighted by molar-refractivity contribution is 7.89. The summed E-state index contributed by atoms with van der Waals surface area (Å²) >= 11 is 0. The second-order valence-corrected chi connectivity index (χ2v) is 10.3. The van der Waals surface area contributed by atoms with Gasteiger partial charge in [-0.1, -0.05) is 6.92 Å². The van der Waals surface area contributed by atoms with Crippen molar-refractivity contribution in [2.24, 2.45) is 5.92 Å². The minimum absolute atomic E-state index is 0.116. The molecule has 0 radical (unpaired) electrons. The van der Waals surface area contributed by atoms with Crippen LogP contribution in [-0.4, -0.2) is 76.4 Å². The average Bonchev–Trinajstić information content (AvgIpc) is 3.45. The fraction of sp³-hybridized carbons (Fsp3) is 0.550. The van der Waals surface area contributed by atoms with Gasteiger partial charge in [-0.05, 0) is 31.4 Å². The van der Waals surface area contributed by atoms with Gasteiger partial charge in [0.25, 0.3) is 5.69 Å². The molecule has 3 amide bonds. The highest BCUT2D eigenvalue weighted by Gasteiger charge is 2.56. The smallest absolute Gasteiger partial charge is 0.269 e. The van der Waals surface area contributed by atoms with E-state index in [0.717, 1.165) is 16.4 Å². The minimum Gasteiger partial charge on any atom is -0.335 e. The van der Waals surface area contributed by atoms with Crippen LogP contribution in [0.3, 0.4) is 0 Å². The van der Waals surface area contributed by atoms with Gasteiger partial charge in [-0.25, -0.2) is 8.42 Å². The van der Waals surface area contributed by atoms with E-state index in [1.54, 1.807) is 11.8 Å². The number of fused-ring (bicyclic) bond motifs is 1. The number of carbonyl (C=O) groups is 3. The Kier molecular flexibility index (Phi) is 5.53. The van der Waals surface area contributed by atoms with E-state index in [4.69, 9.17) is 0 Å². The number of nitro benzene ring substituents is 1. The maximum atomic E-state index is 13.5. The van der Waals surface area contributed by atoms with Crippen molar-refractivity contribution < 1.29 is 27.7 Å². The number of nitrogens with zero attached hydrogens (tertiary/aromatic N) is 4. The van der Waals surface area contributed by atoms with Gasteiger partial charge >= 0.3 is 0 Å². The number of hydrogen-bond acceptors (Lipinski definition) is 7. The number of rotatable bonds is 4. The molecule has 3 fully saturated rings. The largest absolute Gasteiger partial charge is 0.335 e. The fourth-order valence-electron chi connectivity index (χ4n) is 5.20. The third kappa shape index (κ3) is 3.37. The molecule has 1 aromatic rings. The first kappa shape index (κ1) is 22.3. The van der Waals surface area contributed by atoms with Crippen LogP contribution in [0.2, 0.25) is 0 Å². The number of non-ortho nitro benzene ring substituents is 1. The van der Waals surface area contributed by atoms with E-state index >= 15 is 0 Å². The van der Waals surface area contributed by atoms with Gasteiger partial charge in [0.2, 0.25) is 27.7 Å². The molecule has 172 valence electrons. The Morgan fingerprint density at radius 1 is 1.12 bits per heavy atom. The number of carbonyl (C=O) groups excluding carboxylic acids is 3. The van der Waals surface area contributed by atoms with Crippen molar-refractivity contribution in [3.8, 4) is 0 Å². The number of sulfonamides is 1. The van der Waals surface area contributed by atoms with Crippen molar-refractivity contribution in [1.29, 1.82) is 0 Å². The summed E-state index contributed by atoms with van der Waals surface area (Å²) < 4.78 is 27.6. The maximum Gasteiger partial charge on any atom is 0.269 e. The lowest BCUT2D eigenvalue weighted by atomic mass is 10.0. The van der Waals surface area contributed by atoms with Crippen LogP contribution in [0.15, 0.2) is 29.2 Å². The van der Waals surface area contributed by atoms with Crippen molar-refractivity contribution in [3.05, 3.63) is 34.4 Å². The van der Waals surface area contributed by atoms with Crippen LogP contribution in [-0.2, 0) is 24.4 Å². The third-order valence-electron chi connectivity index (χ3n) is 6.66. The number of amides is 3. The second kappa shape index (κ2) is 7.93. The molecule has 0 bridgehead atoms. The normalized spacial score (nSPS) is 28.2. The molecule has 0 N–H and O–H groups in total. The molecule has 11 nitrogen and oxygen atoms in total. The standard InChI is InChI=1S/C20H24N4O7S/c1-12-18-16(23(13(2)25)19(12)26)9-11-21(18)20(27)17-4-3-10-22(17)32(30,31)15-7-5-14(6-8-15)24(28)29/h5-8,12,16-18H,3-4,9-11H2,1-2H3/t12-,16-,17-,18+/m0/s1. The Hall–Kier alpha value is -2.86. The highest BCUT2D eigenvalue weighted by Crippen LogP contribution is 2.38. The quantitative estimate of drug-likeness (QED) is 0.473. The molecule has 4 rings (SSSR count). The van der Waals surface area contributed by atoms with E-state index in [1.165, 1.54) is 24.0 Å². The van der Waals surface area contributed by atoms with Gasteiger partial charge in [-0.3, -0.25) is 29.4 Å². The Morgan fingerprint density at radius 3 is 2.38 bits per heavy atom. The minimum atomic E-state index is -4.04. The summed E-state index contributed by atoms with van der Waals surface area (Å²) in [5, 5.41) is 10.9. The molecule has 32 heavy (non-hydrogen) atoms. The molecule has 3 heterocycles. The molecular formula is C20H24N4O7S. The zero-order valence-electron chi connectivity index (χ0n) is 17.7. The summed E-state index contributed by atoms with van der Waals surface area (Å²) in [6.07, 6.45) is 1.31. The summed E-state index contributed by atoms with van der Waals surface area (Å²) in [4.78, 5) is 50.9. The van der Waals surface area contributed by atoms with Crippen LogP contribution in [0.25, 0.3) is 0 Å². The molecular weight excluding hydrogens is 440 g/mol. The second-order valence-electron chi connectivity index (χ2n) is 8.42. The van der Waals surface area contributed by atoms with E-state index in [1.807, 2.05) is 0 Å². The van der Waals surface area contributed by atoms with Gasteiger partial charge in [-0.2, -0.15) is 4.31 Å². The van der Waals surface area contributed by atoms with Gasteiger partial charge in [0.15, 0.2) is 0 Å². The number of benzene rings is 1. The van der Waals surface area contributed by atoms with Crippen LogP contribution >= 0.6 is 0 Å². The Labute approximate surface area is 185 Å². The molecule has 0 aromatic heterocycles. The molecule has 0 spiro atoms. The lowest BCUT2D eigenvalue weighted by molar-refractivity contribution is -0.384. The molecule has 1 aromatic carbocycles. The van der Waals surface area contributed by atoms with Crippen molar-refractivity contribution in [2.45, 2.75) is 56.1 Å². The van der Waals surface area contributed by atoms with Crippen molar-refractivity contribution in [2.75, 3.05) is 13.1 Å². The molecule has 0 aliphatic carbocycles. The van der Waals surface area contributed by atoms with Crippen LogP contribution in [0, 0.1) is 16.0 Å². The summed E-state index contributed by atoms with van der Waals surface area (Å²) in [7, 11) is -4.04. The zero-order valence-corrected chi connectivity index (χ0v) is 18.5. The lowest BCUT2D eigenvalue weighted by Crippen LogP contribution is -2.51. The molecule has 0 unspecified atom stereocenters. The maximum absolute atomic E-state index is 13.5. The van der Waals surface area contributed by atoms with Gasteiger partial charge in [-0.15, -0.1) is 0 Å². The van der Waals surface area contributed by atoms with Crippen molar-refractivity contribution in [1.82, 2.24) is 14.1 Å². The molecule has 3 saturated heterocycles. The number of nitro groups is 1. The first-order valence-corrected chi connectivity index (χ1v) is 11.9. The predicted octanol–water partition coefficient (Wildman–Crippen LogP) is 0.742. The van der Waals surface area contributed by atoms with E-state index in [0.29, 0.717) is 25.8 Å². The first-order chi connectivity index (χ1) is 15.1. The Balaban J connectivity index is 1.58. The third-order valence-corrected chi connectivity index (χ3v) is 8.58. The van der Waals surface area contributed by atoms with Crippen molar-refractivity contribution >= 4 is 33.4 Å². The molecule has 12 heteroatoms. The summed E-state index contributed by atoms with van der Waals surface area (Å²) in [5.74, 6) is -1.58. The number of likely N-dealkylation sites (tertiary alicyclic amines) is 2. The molecule has 4 atom stereocenters. The number of imide groups is 1. The highest BCUT2D eigenvalue weighted by atomic mass is 32.2. The van der Waals surface area contributed by atoms with E-state index in [2.05, 4.69) is 0 Å². The molecule has 0 saturated carbocycles. The Morgan fingerprint density at radius 2 is 1.78 bits per heavy atom. The molecule has 3 aliphatic rings.